The molecule has 7 rings (SSSR count). The molecule has 6 heterocycles. The van der Waals surface area contributed by atoms with E-state index in [4.69, 9.17) is 9.72 Å². The summed E-state index contributed by atoms with van der Waals surface area (Å²) in [6.45, 7) is 4.14. The fraction of sp³-hybridized carbons (Fsp3) is 0.438. The Morgan fingerprint density at radius 2 is 1.93 bits per heavy atom. The van der Waals surface area contributed by atoms with Gasteiger partial charge < -0.3 is 34.4 Å². The first-order valence-electron chi connectivity index (χ1n) is 15.6. The topological polar surface area (TPSA) is 155 Å². The van der Waals surface area contributed by atoms with Crippen LogP contribution in [0, 0.1) is 0 Å². The standard InChI is InChI=1S/C32H36N8O6/c1-19(41)46-18-24-22(7-8-33-30(24)37-9-11-39-26-6-4-3-5-23(26)29(42)27(39)17-37)20-13-25(31(43)36(2)15-20)34-28-14-21-16-38(32(44)45)10-12-40(21)35-28/h7-8,13-15,27H,3-6,9-12,16-18H2,1-2H3,(H,34,35)(H,44,45). The highest BCUT2D eigenvalue weighted by Crippen LogP contribution is 2.39. The monoisotopic (exact) mass is 628 g/mol. The van der Waals surface area contributed by atoms with E-state index in [0.717, 1.165) is 42.5 Å². The van der Waals surface area contributed by atoms with Crippen molar-refractivity contribution in [1.29, 1.82) is 0 Å². The molecule has 240 valence electrons. The van der Waals surface area contributed by atoms with Gasteiger partial charge in [0.05, 0.1) is 18.8 Å². The van der Waals surface area contributed by atoms with E-state index < -0.39 is 12.1 Å². The second-order valence-electron chi connectivity index (χ2n) is 12.2. The Balaban J connectivity index is 1.21. The van der Waals surface area contributed by atoms with E-state index in [1.807, 2.05) is 6.07 Å². The summed E-state index contributed by atoms with van der Waals surface area (Å²) in [5, 5.41) is 17.1. The largest absolute Gasteiger partial charge is 0.465 e. The third kappa shape index (κ3) is 5.26. The van der Waals surface area contributed by atoms with Gasteiger partial charge in [0.2, 0.25) is 0 Å². The van der Waals surface area contributed by atoms with E-state index in [2.05, 4.69) is 20.2 Å². The van der Waals surface area contributed by atoms with Crippen LogP contribution in [0.15, 0.2) is 46.7 Å². The lowest BCUT2D eigenvalue weighted by Crippen LogP contribution is -2.53. The second kappa shape index (κ2) is 11.7. The van der Waals surface area contributed by atoms with Gasteiger partial charge in [-0.05, 0) is 43.4 Å². The molecule has 14 nitrogen and oxygen atoms in total. The number of allylic oxidation sites excluding steroid dienone is 1. The van der Waals surface area contributed by atoms with E-state index >= 15 is 0 Å². The van der Waals surface area contributed by atoms with Crippen molar-refractivity contribution in [2.75, 3.05) is 36.4 Å². The molecule has 0 saturated carbocycles. The minimum absolute atomic E-state index is 0.0269. The molecule has 0 aromatic carbocycles. The Bertz CT molecular complexity index is 1840. The van der Waals surface area contributed by atoms with Gasteiger partial charge >= 0.3 is 12.1 Å². The molecule has 3 aliphatic heterocycles. The third-order valence-corrected chi connectivity index (χ3v) is 9.34. The van der Waals surface area contributed by atoms with Crippen molar-refractivity contribution in [3.8, 4) is 11.1 Å². The van der Waals surface area contributed by atoms with Gasteiger partial charge in [-0.1, -0.05) is 0 Å². The maximum absolute atomic E-state index is 13.4. The normalized spacial score (nSPS) is 19.1. The van der Waals surface area contributed by atoms with Gasteiger partial charge in [-0.25, -0.2) is 9.78 Å². The zero-order valence-corrected chi connectivity index (χ0v) is 25.9. The molecular formula is C32H36N8O6. The number of fused-ring (bicyclic) bond motifs is 3. The lowest BCUT2D eigenvalue weighted by atomic mass is 9.95. The van der Waals surface area contributed by atoms with E-state index in [1.54, 1.807) is 36.3 Å². The zero-order chi connectivity index (χ0) is 32.1. The van der Waals surface area contributed by atoms with Crippen molar-refractivity contribution in [3.05, 3.63) is 63.5 Å². The number of piperazine rings is 1. The summed E-state index contributed by atoms with van der Waals surface area (Å²) in [7, 11) is 1.66. The van der Waals surface area contributed by atoms with Crippen LogP contribution >= 0.6 is 0 Å². The average Bonchev–Trinajstić information content (AvgIpc) is 3.59. The highest BCUT2D eigenvalue weighted by Gasteiger charge is 2.43. The number of ether oxygens (including phenoxy) is 1. The van der Waals surface area contributed by atoms with Gasteiger partial charge in [-0.2, -0.15) is 5.10 Å². The Kier molecular flexibility index (Phi) is 7.49. The van der Waals surface area contributed by atoms with Crippen molar-refractivity contribution in [3.63, 3.8) is 0 Å². The molecule has 3 aromatic rings. The molecule has 1 saturated heterocycles. The molecule has 0 bridgehead atoms. The number of nitrogens with one attached hydrogen (secondary N) is 1. The van der Waals surface area contributed by atoms with Crippen LogP contribution in [0.25, 0.3) is 11.1 Å². The van der Waals surface area contributed by atoms with E-state index in [9.17, 15) is 24.3 Å². The minimum Gasteiger partial charge on any atom is -0.465 e. The average molecular weight is 629 g/mol. The molecule has 4 aliphatic rings. The zero-order valence-electron chi connectivity index (χ0n) is 25.9. The van der Waals surface area contributed by atoms with Gasteiger partial charge in [-0.15, -0.1) is 0 Å². The molecule has 3 aromatic heterocycles. The number of Topliss-reactive ketones (excluding diaryl/α,β-unsaturated/α-hetero) is 1. The third-order valence-electron chi connectivity index (χ3n) is 9.34. The molecule has 1 aliphatic carbocycles. The van der Waals surface area contributed by atoms with Crippen LogP contribution in [-0.2, 0) is 41.1 Å². The number of anilines is 3. The number of ketones is 1. The molecule has 46 heavy (non-hydrogen) atoms. The Morgan fingerprint density at radius 1 is 1.11 bits per heavy atom. The van der Waals surface area contributed by atoms with Crippen LogP contribution in [0.4, 0.5) is 22.1 Å². The van der Waals surface area contributed by atoms with Crippen LogP contribution < -0.4 is 15.8 Å². The molecule has 1 amide bonds. The molecule has 0 spiro atoms. The number of carboxylic acid groups (broad SMARTS) is 1. The fourth-order valence-corrected chi connectivity index (χ4v) is 7.11. The van der Waals surface area contributed by atoms with Crippen LogP contribution in [0.3, 0.4) is 0 Å². The summed E-state index contributed by atoms with van der Waals surface area (Å²) in [6, 6.07) is 5.06. The number of rotatable bonds is 6. The van der Waals surface area contributed by atoms with Crippen LogP contribution in [0.5, 0.6) is 0 Å². The van der Waals surface area contributed by atoms with E-state index in [0.29, 0.717) is 55.5 Å². The number of carbonyl (C=O) groups excluding carboxylic acids is 2. The van der Waals surface area contributed by atoms with Crippen LogP contribution in [-0.4, -0.2) is 84.3 Å². The van der Waals surface area contributed by atoms with Gasteiger partial charge in [0.1, 0.15) is 24.2 Å². The quantitative estimate of drug-likeness (QED) is 0.387. The molecule has 1 unspecified atom stereocenters. The Labute approximate surface area is 264 Å². The highest BCUT2D eigenvalue weighted by molar-refractivity contribution is 6.03. The number of aromatic nitrogens is 4. The van der Waals surface area contributed by atoms with Gasteiger partial charge in [0.25, 0.3) is 5.56 Å². The van der Waals surface area contributed by atoms with Crippen molar-refractivity contribution in [2.45, 2.75) is 58.3 Å². The molecule has 14 heteroatoms. The molecule has 2 N–H and O–H groups in total. The first-order chi connectivity index (χ1) is 22.2. The summed E-state index contributed by atoms with van der Waals surface area (Å²) in [6.07, 6.45) is 6.39. The highest BCUT2D eigenvalue weighted by atomic mass is 16.5. The molecule has 1 fully saturated rings. The number of pyridine rings is 2. The molecule has 0 radical (unpaired) electrons. The number of esters is 1. The summed E-state index contributed by atoms with van der Waals surface area (Å²) >= 11 is 0. The van der Waals surface area contributed by atoms with Crippen molar-refractivity contribution >= 4 is 35.2 Å². The molecular weight excluding hydrogens is 592 g/mol. The van der Waals surface area contributed by atoms with Gasteiger partial charge in [-0.3, -0.25) is 19.1 Å². The smallest absolute Gasteiger partial charge is 0.407 e. The number of carbonyl (C=O) groups is 3. The summed E-state index contributed by atoms with van der Waals surface area (Å²) in [5.41, 5.74) is 5.06. The predicted octanol–water partition coefficient (Wildman–Crippen LogP) is 2.85. The Hall–Kier alpha value is -5.14. The summed E-state index contributed by atoms with van der Waals surface area (Å²) in [5.74, 6) is 0.857. The SMILES string of the molecule is CC(=O)OCc1c(-c2cc(Nc3cc4n(n3)CCN(C(=O)O)C4)c(=O)n(C)c2)ccnc1N1CCN2C3=C(CCCC3)C(=O)C2C1. The minimum atomic E-state index is -0.989. The first-order valence-corrected chi connectivity index (χ1v) is 15.6. The number of amides is 1. The fourth-order valence-electron chi connectivity index (χ4n) is 7.11. The number of hydrogen-bond donors (Lipinski definition) is 2. The Morgan fingerprint density at radius 3 is 2.74 bits per heavy atom. The lowest BCUT2D eigenvalue weighted by Gasteiger charge is -2.40. The predicted molar refractivity (Wildman–Crippen MR) is 168 cm³/mol. The van der Waals surface area contributed by atoms with Gasteiger partial charge in [0.15, 0.2) is 11.6 Å². The van der Waals surface area contributed by atoms with E-state index in [1.165, 1.54) is 22.1 Å². The van der Waals surface area contributed by atoms with Crippen molar-refractivity contribution < 1.29 is 24.2 Å². The van der Waals surface area contributed by atoms with Crippen LogP contribution in [0.2, 0.25) is 0 Å². The van der Waals surface area contributed by atoms with Crippen LogP contribution in [0.1, 0.15) is 43.9 Å². The van der Waals surface area contributed by atoms with E-state index in [-0.39, 0.29) is 36.2 Å². The maximum atomic E-state index is 13.4. The summed E-state index contributed by atoms with van der Waals surface area (Å²) < 4.78 is 8.74. The van der Waals surface area contributed by atoms with Crippen molar-refractivity contribution in [2.24, 2.45) is 7.05 Å². The first kappa shape index (κ1) is 29.6. The van der Waals surface area contributed by atoms with Gasteiger partial charge in [0, 0.05) is 81.0 Å². The molecule has 1 atom stereocenters. The number of hydrogen-bond acceptors (Lipinski definition) is 10. The number of nitrogens with zero attached hydrogens (tertiary/aromatic N) is 7. The maximum Gasteiger partial charge on any atom is 0.407 e. The van der Waals surface area contributed by atoms with Crippen molar-refractivity contribution in [1.82, 2.24) is 29.1 Å². The second-order valence-corrected chi connectivity index (χ2v) is 12.2. The summed E-state index contributed by atoms with van der Waals surface area (Å²) in [4.78, 5) is 60.5. The lowest BCUT2D eigenvalue weighted by molar-refractivity contribution is -0.142. The number of aryl methyl sites for hydroxylation is 1.